The lowest BCUT2D eigenvalue weighted by Gasteiger charge is -2.22. The highest BCUT2D eigenvalue weighted by Gasteiger charge is 2.21. The molecule has 1 aliphatic carbocycles. The second-order valence-corrected chi connectivity index (χ2v) is 5.17. The van der Waals surface area contributed by atoms with E-state index in [0.717, 1.165) is 12.5 Å². The van der Waals surface area contributed by atoms with E-state index >= 15 is 0 Å². The third-order valence-electron chi connectivity index (χ3n) is 3.30. The number of aryl methyl sites for hydroxylation is 1. The van der Waals surface area contributed by atoms with E-state index in [0.29, 0.717) is 0 Å². The Bertz CT molecular complexity index is 303. The summed E-state index contributed by atoms with van der Waals surface area (Å²) in [6, 6.07) is 0. The third kappa shape index (κ3) is 1.86. The van der Waals surface area contributed by atoms with Crippen LogP contribution in [0.3, 0.4) is 0 Å². The summed E-state index contributed by atoms with van der Waals surface area (Å²) in [5, 5.41) is 2.36. The van der Waals surface area contributed by atoms with Crippen LogP contribution in [0.1, 0.15) is 35.8 Å². The molecule has 0 aromatic carbocycles. The van der Waals surface area contributed by atoms with E-state index in [1.54, 1.807) is 16.0 Å². The number of hydrogen-bond acceptors (Lipinski definition) is 2. The first-order chi connectivity index (χ1) is 6.85. The number of nitrogens with two attached hydrogens (primary N) is 1. The van der Waals surface area contributed by atoms with Crippen LogP contribution in [0.25, 0.3) is 0 Å². The standard InChI is InChI=1S/C12H19NS/c1-2-10-8-14-12-7-9(5-6-13)3-4-11(10)12/h8-9H,2-7,13H2,1H3. The molecule has 1 atom stereocenters. The van der Waals surface area contributed by atoms with Crippen LogP contribution < -0.4 is 5.73 Å². The number of hydrogen-bond donors (Lipinski definition) is 1. The minimum atomic E-state index is 0.853. The first-order valence-corrected chi connectivity index (χ1v) is 6.51. The third-order valence-corrected chi connectivity index (χ3v) is 4.40. The highest BCUT2D eigenvalue weighted by atomic mass is 32.1. The van der Waals surface area contributed by atoms with Crippen molar-refractivity contribution in [3.63, 3.8) is 0 Å². The van der Waals surface area contributed by atoms with Crippen LogP contribution in [0.15, 0.2) is 5.38 Å². The Morgan fingerprint density at radius 2 is 2.43 bits per heavy atom. The van der Waals surface area contributed by atoms with Gasteiger partial charge >= 0.3 is 0 Å². The second kappa shape index (κ2) is 4.45. The Balaban J connectivity index is 2.12. The minimum Gasteiger partial charge on any atom is -0.330 e. The number of fused-ring (bicyclic) bond motifs is 1. The fourth-order valence-corrected chi connectivity index (χ4v) is 3.73. The Labute approximate surface area is 90.3 Å². The Hall–Kier alpha value is -0.340. The van der Waals surface area contributed by atoms with E-state index in [4.69, 9.17) is 5.73 Å². The first kappa shape index (κ1) is 10.2. The fourth-order valence-electron chi connectivity index (χ4n) is 2.43. The lowest BCUT2D eigenvalue weighted by Crippen LogP contribution is -2.16. The topological polar surface area (TPSA) is 26.0 Å². The molecule has 1 unspecified atom stereocenters. The quantitative estimate of drug-likeness (QED) is 0.814. The van der Waals surface area contributed by atoms with Crippen molar-refractivity contribution in [1.29, 1.82) is 0 Å². The molecule has 14 heavy (non-hydrogen) atoms. The molecule has 0 saturated carbocycles. The van der Waals surface area contributed by atoms with Crippen LogP contribution in [0.2, 0.25) is 0 Å². The molecule has 0 radical (unpaired) electrons. The van der Waals surface area contributed by atoms with E-state index in [2.05, 4.69) is 12.3 Å². The summed E-state index contributed by atoms with van der Waals surface area (Å²) in [5.41, 5.74) is 8.88. The molecule has 1 heterocycles. The van der Waals surface area contributed by atoms with Gasteiger partial charge in [-0.15, -0.1) is 11.3 Å². The fraction of sp³-hybridized carbons (Fsp3) is 0.667. The zero-order valence-corrected chi connectivity index (χ0v) is 9.70. The van der Waals surface area contributed by atoms with E-state index in [1.807, 2.05) is 11.3 Å². The highest BCUT2D eigenvalue weighted by Crippen LogP contribution is 2.34. The van der Waals surface area contributed by atoms with Crippen LogP contribution in [-0.2, 0) is 19.3 Å². The van der Waals surface area contributed by atoms with Gasteiger partial charge in [0.1, 0.15) is 0 Å². The molecule has 1 aromatic rings. The van der Waals surface area contributed by atoms with Gasteiger partial charge in [-0.2, -0.15) is 0 Å². The molecule has 2 rings (SSSR count). The van der Waals surface area contributed by atoms with Gasteiger partial charge < -0.3 is 5.73 Å². The Kier molecular flexibility index (Phi) is 3.24. The summed E-state index contributed by atoms with van der Waals surface area (Å²) in [5.74, 6) is 0.857. The van der Waals surface area contributed by atoms with Gasteiger partial charge in [0.05, 0.1) is 0 Å². The molecular formula is C12H19NS. The number of rotatable bonds is 3. The van der Waals surface area contributed by atoms with Crippen LogP contribution >= 0.6 is 11.3 Å². The van der Waals surface area contributed by atoms with Gasteiger partial charge in [-0.05, 0) is 61.1 Å². The van der Waals surface area contributed by atoms with Crippen molar-refractivity contribution in [1.82, 2.24) is 0 Å². The van der Waals surface area contributed by atoms with Crippen molar-refractivity contribution in [3.8, 4) is 0 Å². The van der Waals surface area contributed by atoms with Crippen molar-refractivity contribution in [2.24, 2.45) is 11.7 Å². The summed E-state index contributed by atoms with van der Waals surface area (Å²) >= 11 is 1.97. The van der Waals surface area contributed by atoms with Crippen LogP contribution in [-0.4, -0.2) is 6.54 Å². The monoisotopic (exact) mass is 209 g/mol. The molecule has 0 saturated heterocycles. The summed E-state index contributed by atoms with van der Waals surface area (Å²) in [7, 11) is 0. The maximum atomic E-state index is 5.61. The Morgan fingerprint density at radius 1 is 1.57 bits per heavy atom. The maximum absolute atomic E-state index is 5.61. The van der Waals surface area contributed by atoms with Gasteiger partial charge in [-0.3, -0.25) is 0 Å². The molecule has 1 aromatic heterocycles. The molecule has 0 spiro atoms. The maximum Gasteiger partial charge on any atom is 0.00828 e. The molecule has 2 heteroatoms. The average Bonchev–Trinajstić information content (AvgIpc) is 2.60. The second-order valence-electron chi connectivity index (χ2n) is 4.20. The van der Waals surface area contributed by atoms with Gasteiger partial charge in [0.25, 0.3) is 0 Å². The van der Waals surface area contributed by atoms with Crippen LogP contribution in [0.4, 0.5) is 0 Å². The smallest absolute Gasteiger partial charge is 0.00828 e. The number of thiophene rings is 1. The van der Waals surface area contributed by atoms with E-state index in [-0.39, 0.29) is 0 Å². The largest absolute Gasteiger partial charge is 0.330 e. The lowest BCUT2D eigenvalue weighted by atomic mass is 9.85. The summed E-state index contributed by atoms with van der Waals surface area (Å²) in [6.45, 7) is 3.11. The minimum absolute atomic E-state index is 0.853. The predicted molar refractivity (Wildman–Crippen MR) is 62.9 cm³/mol. The van der Waals surface area contributed by atoms with Crippen LogP contribution in [0, 0.1) is 5.92 Å². The van der Waals surface area contributed by atoms with Gasteiger partial charge in [0.2, 0.25) is 0 Å². The zero-order valence-electron chi connectivity index (χ0n) is 8.88. The molecule has 0 bridgehead atoms. The van der Waals surface area contributed by atoms with E-state index in [9.17, 15) is 0 Å². The zero-order chi connectivity index (χ0) is 9.97. The molecule has 0 fully saturated rings. The summed E-state index contributed by atoms with van der Waals surface area (Å²) in [6.07, 6.45) is 6.35. The summed E-state index contributed by atoms with van der Waals surface area (Å²) in [4.78, 5) is 1.64. The van der Waals surface area contributed by atoms with Crippen molar-refractivity contribution in [2.45, 2.75) is 39.0 Å². The van der Waals surface area contributed by atoms with Gasteiger partial charge in [-0.25, -0.2) is 0 Å². The average molecular weight is 209 g/mol. The SMILES string of the molecule is CCc1csc2c1CCC(CCN)C2. The van der Waals surface area contributed by atoms with Gasteiger partial charge in [0, 0.05) is 4.88 Å². The van der Waals surface area contributed by atoms with Crippen LogP contribution in [0.5, 0.6) is 0 Å². The molecule has 78 valence electrons. The van der Waals surface area contributed by atoms with Gasteiger partial charge in [-0.1, -0.05) is 6.92 Å². The first-order valence-electron chi connectivity index (χ1n) is 5.63. The molecular weight excluding hydrogens is 190 g/mol. The molecule has 0 amide bonds. The highest BCUT2D eigenvalue weighted by molar-refractivity contribution is 7.10. The van der Waals surface area contributed by atoms with Crippen molar-refractivity contribution >= 4 is 11.3 Å². The van der Waals surface area contributed by atoms with Crippen molar-refractivity contribution < 1.29 is 0 Å². The molecule has 0 aliphatic heterocycles. The van der Waals surface area contributed by atoms with Crippen molar-refractivity contribution in [3.05, 3.63) is 21.4 Å². The molecule has 1 aliphatic rings. The Morgan fingerprint density at radius 3 is 3.14 bits per heavy atom. The van der Waals surface area contributed by atoms with E-state index < -0.39 is 0 Å². The molecule has 2 N–H and O–H groups in total. The van der Waals surface area contributed by atoms with E-state index in [1.165, 1.54) is 32.1 Å². The normalized spacial score (nSPS) is 20.9. The molecule has 1 nitrogen and oxygen atoms in total. The lowest BCUT2D eigenvalue weighted by molar-refractivity contribution is 0.437. The van der Waals surface area contributed by atoms with Crippen molar-refractivity contribution in [2.75, 3.05) is 6.54 Å². The predicted octanol–water partition coefficient (Wildman–Crippen LogP) is 2.76. The van der Waals surface area contributed by atoms with Gasteiger partial charge in [0.15, 0.2) is 0 Å². The summed E-state index contributed by atoms with van der Waals surface area (Å²) < 4.78 is 0.